The molecule has 0 saturated carbocycles. The van der Waals surface area contributed by atoms with Gasteiger partial charge in [0, 0.05) is 26.6 Å². The number of carbonyl (C=O) groups excluding carboxylic acids is 3. The quantitative estimate of drug-likeness (QED) is 0.652. The number of hydrogen-bond acceptors (Lipinski definition) is 4. The van der Waals surface area contributed by atoms with Gasteiger partial charge in [0.05, 0.1) is 19.0 Å². The van der Waals surface area contributed by atoms with Crippen LogP contribution in [0.4, 0.5) is 0 Å². The molecule has 0 bridgehead atoms. The Bertz CT molecular complexity index is 507. The SMILES string of the molecule is CC(C)CCC(=O)NCC(=O)N(C)CC(=O)N1CCCC(C(=O)O)C1. The Morgan fingerprint density at radius 2 is 1.96 bits per heavy atom. The minimum atomic E-state index is -0.897. The standard InChI is InChI=1S/C17H29N3O5/c1-12(2)6-7-14(21)18-9-15(22)19(3)11-16(23)20-8-4-5-13(10-20)17(24)25/h12-13H,4-11H2,1-3H3,(H,18,21)(H,24,25). The largest absolute Gasteiger partial charge is 0.481 e. The first kappa shape index (κ1) is 20.9. The van der Waals surface area contributed by atoms with Crippen molar-refractivity contribution in [1.29, 1.82) is 0 Å². The second-order valence-corrected chi connectivity index (χ2v) is 6.98. The highest BCUT2D eigenvalue weighted by atomic mass is 16.4. The van der Waals surface area contributed by atoms with Crippen LogP contribution in [0, 0.1) is 11.8 Å². The number of nitrogens with one attached hydrogen (secondary N) is 1. The molecule has 8 nitrogen and oxygen atoms in total. The zero-order valence-corrected chi connectivity index (χ0v) is 15.3. The number of likely N-dealkylation sites (tertiary alicyclic amines) is 1. The summed E-state index contributed by atoms with van der Waals surface area (Å²) in [6, 6.07) is 0. The molecule has 0 aliphatic carbocycles. The number of carboxylic acids is 1. The molecule has 1 rings (SSSR count). The Balaban J connectivity index is 2.37. The molecule has 1 aliphatic rings. The molecule has 0 aromatic rings. The van der Waals surface area contributed by atoms with E-state index < -0.39 is 11.9 Å². The van der Waals surface area contributed by atoms with E-state index in [1.807, 2.05) is 13.8 Å². The Morgan fingerprint density at radius 1 is 1.28 bits per heavy atom. The van der Waals surface area contributed by atoms with Gasteiger partial charge in [0.15, 0.2) is 0 Å². The molecule has 0 radical (unpaired) electrons. The van der Waals surface area contributed by atoms with Gasteiger partial charge in [0.1, 0.15) is 0 Å². The van der Waals surface area contributed by atoms with Crippen LogP contribution < -0.4 is 5.32 Å². The number of rotatable bonds is 8. The molecule has 2 N–H and O–H groups in total. The molecular formula is C17H29N3O5. The summed E-state index contributed by atoms with van der Waals surface area (Å²) < 4.78 is 0. The molecule has 1 heterocycles. The summed E-state index contributed by atoms with van der Waals surface area (Å²) in [6.45, 7) is 4.48. The molecule has 0 aromatic heterocycles. The number of piperidine rings is 1. The molecule has 3 amide bonds. The van der Waals surface area contributed by atoms with Crippen molar-refractivity contribution in [3.63, 3.8) is 0 Å². The van der Waals surface area contributed by atoms with Gasteiger partial charge in [-0.2, -0.15) is 0 Å². The van der Waals surface area contributed by atoms with Crippen LogP contribution in [0.15, 0.2) is 0 Å². The van der Waals surface area contributed by atoms with Crippen molar-refractivity contribution in [2.24, 2.45) is 11.8 Å². The van der Waals surface area contributed by atoms with Crippen LogP contribution in [0.3, 0.4) is 0 Å². The highest BCUT2D eigenvalue weighted by molar-refractivity contribution is 5.88. The van der Waals surface area contributed by atoms with Gasteiger partial charge in [0.25, 0.3) is 0 Å². The van der Waals surface area contributed by atoms with E-state index in [0.717, 1.165) is 6.42 Å². The lowest BCUT2D eigenvalue weighted by Crippen LogP contribution is -2.48. The van der Waals surface area contributed by atoms with E-state index in [1.165, 1.54) is 16.8 Å². The van der Waals surface area contributed by atoms with Gasteiger partial charge in [-0.1, -0.05) is 13.8 Å². The first-order valence-electron chi connectivity index (χ1n) is 8.72. The molecule has 142 valence electrons. The predicted octanol–water partition coefficient (Wildman–Crippen LogP) is 0.320. The molecule has 1 fully saturated rings. The van der Waals surface area contributed by atoms with Crippen molar-refractivity contribution in [2.75, 3.05) is 33.2 Å². The molecule has 1 aliphatic heterocycles. The first-order valence-corrected chi connectivity index (χ1v) is 8.72. The molecular weight excluding hydrogens is 326 g/mol. The maximum absolute atomic E-state index is 12.2. The van der Waals surface area contributed by atoms with Gasteiger partial charge in [0.2, 0.25) is 17.7 Å². The fraction of sp³-hybridized carbons (Fsp3) is 0.765. The van der Waals surface area contributed by atoms with Gasteiger partial charge in [-0.15, -0.1) is 0 Å². The topological polar surface area (TPSA) is 107 Å². The number of hydrogen-bond donors (Lipinski definition) is 2. The number of aliphatic carboxylic acids is 1. The smallest absolute Gasteiger partial charge is 0.308 e. The van der Waals surface area contributed by atoms with Crippen molar-refractivity contribution >= 4 is 23.7 Å². The third-order valence-corrected chi connectivity index (χ3v) is 4.31. The Morgan fingerprint density at radius 3 is 2.56 bits per heavy atom. The van der Waals surface area contributed by atoms with Crippen LogP contribution in [0.1, 0.15) is 39.5 Å². The second-order valence-electron chi connectivity index (χ2n) is 6.98. The molecule has 1 unspecified atom stereocenters. The molecule has 8 heteroatoms. The number of likely N-dealkylation sites (N-methyl/N-ethyl adjacent to an activating group) is 1. The Hall–Kier alpha value is -2.12. The summed E-state index contributed by atoms with van der Waals surface area (Å²) in [4.78, 5) is 49.7. The van der Waals surface area contributed by atoms with Gasteiger partial charge in [-0.05, 0) is 25.2 Å². The van der Waals surface area contributed by atoms with E-state index >= 15 is 0 Å². The fourth-order valence-corrected chi connectivity index (χ4v) is 2.61. The van der Waals surface area contributed by atoms with E-state index in [0.29, 0.717) is 31.7 Å². The number of amides is 3. The summed E-state index contributed by atoms with van der Waals surface area (Å²) in [5, 5.41) is 11.6. The lowest BCUT2D eigenvalue weighted by atomic mass is 9.98. The normalized spacial score (nSPS) is 17.3. The van der Waals surface area contributed by atoms with Gasteiger partial charge in [-0.3, -0.25) is 19.2 Å². The molecule has 0 spiro atoms. The Kier molecular flexibility index (Phi) is 8.37. The third kappa shape index (κ3) is 7.53. The molecule has 1 atom stereocenters. The number of carbonyl (C=O) groups is 4. The van der Waals surface area contributed by atoms with Crippen LogP contribution in [0.25, 0.3) is 0 Å². The van der Waals surface area contributed by atoms with Gasteiger partial charge < -0.3 is 20.2 Å². The maximum atomic E-state index is 12.2. The van der Waals surface area contributed by atoms with E-state index in [2.05, 4.69) is 5.32 Å². The predicted molar refractivity (Wildman–Crippen MR) is 91.7 cm³/mol. The minimum Gasteiger partial charge on any atom is -0.481 e. The van der Waals surface area contributed by atoms with Crippen LogP contribution in [0.5, 0.6) is 0 Å². The van der Waals surface area contributed by atoms with Crippen molar-refractivity contribution in [2.45, 2.75) is 39.5 Å². The lowest BCUT2D eigenvalue weighted by molar-refractivity contribution is -0.147. The second kappa shape index (κ2) is 10.0. The highest BCUT2D eigenvalue weighted by Gasteiger charge is 2.28. The third-order valence-electron chi connectivity index (χ3n) is 4.31. The van der Waals surface area contributed by atoms with E-state index in [1.54, 1.807) is 0 Å². The zero-order valence-electron chi connectivity index (χ0n) is 15.3. The summed E-state index contributed by atoms with van der Waals surface area (Å²) in [5.74, 6) is -1.82. The van der Waals surface area contributed by atoms with Gasteiger partial charge >= 0.3 is 5.97 Å². The lowest BCUT2D eigenvalue weighted by Gasteiger charge is -2.32. The van der Waals surface area contributed by atoms with Crippen LogP contribution in [0.2, 0.25) is 0 Å². The summed E-state index contributed by atoms with van der Waals surface area (Å²) in [7, 11) is 1.50. The number of nitrogens with zero attached hydrogens (tertiary/aromatic N) is 2. The average molecular weight is 355 g/mol. The minimum absolute atomic E-state index is 0.118. The monoisotopic (exact) mass is 355 g/mol. The van der Waals surface area contributed by atoms with Crippen LogP contribution >= 0.6 is 0 Å². The molecule has 25 heavy (non-hydrogen) atoms. The van der Waals surface area contributed by atoms with E-state index in [-0.39, 0.29) is 37.4 Å². The average Bonchev–Trinajstić information content (AvgIpc) is 2.57. The zero-order chi connectivity index (χ0) is 19.0. The van der Waals surface area contributed by atoms with Crippen molar-refractivity contribution in [1.82, 2.24) is 15.1 Å². The summed E-state index contributed by atoms with van der Waals surface area (Å²) >= 11 is 0. The van der Waals surface area contributed by atoms with E-state index in [9.17, 15) is 19.2 Å². The fourth-order valence-electron chi connectivity index (χ4n) is 2.61. The van der Waals surface area contributed by atoms with Crippen molar-refractivity contribution in [3.8, 4) is 0 Å². The van der Waals surface area contributed by atoms with E-state index in [4.69, 9.17) is 5.11 Å². The maximum Gasteiger partial charge on any atom is 0.308 e. The highest BCUT2D eigenvalue weighted by Crippen LogP contribution is 2.16. The molecule has 0 aromatic carbocycles. The van der Waals surface area contributed by atoms with Crippen molar-refractivity contribution in [3.05, 3.63) is 0 Å². The Labute approximate surface area is 148 Å². The first-order chi connectivity index (χ1) is 11.7. The molecule has 1 saturated heterocycles. The summed E-state index contributed by atoms with van der Waals surface area (Å²) in [6.07, 6.45) is 2.34. The van der Waals surface area contributed by atoms with Crippen molar-refractivity contribution < 1.29 is 24.3 Å². The summed E-state index contributed by atoms with van der Waals surface area (Å²) in [5.41, 5.74) is 0. The number of carboxylic acid groups (broad SMARTS) is 1. The van der Waals surface area contributed by atoms with Gasteiger partial charge in [-0.25, -0.2) is 0 Å². The van der Waals surface area contributed by atoms with Crippen LogP contribution in [-0.2, 0) is 19.2 Å². The van der Waals surface area contributed by atoms with Crippen LogP contribution in [-0.4, -0.2) is 71.8 Å².